The minimum Gasteiger partial charge on any atom is -0.309 e. The monoisotopic (exact) mass is 272 g/mol. The Balaban J connectivity index is 3.85. The number of alkyl halides is 1. The fourth-order valence-electron chi connectivity index (χ4n) is 0.960. The standard InChI is InChI=1S/C8H18BrO3P/c1-3-11-13(10,12-4-2)8-6-5-7-9/h3-8H2,1-2H3. The predicted molar refractivity (Wildman–Crippen MR) is 58.8 cm³/mol. The van der Waals surface area contributed by atoms with Crippen LogP contribution in [0.4, 0.5) is 0 Å². The highest BCUT2D eigenvalue weighted by atomic mass is 79.9. The molecule has 0 aliphatic rings. The van der Waals surface area contributed by atoms with Crippen LogP contribution in [-0.2, 0) is 13.6 Å². The molecular weight excluding hydrogens is 255 g/mol. The topological polar surface area (TPSA) is 35.5 Å². The van der Waals surface area contributed by atoms with Gasteiger partial charge in [0.25, 0.3) is 0 Å². The summed E-state index contributed by atoms with van der Waals surface area (Å²) in [6, 6.07) is 0. The van der Waals surface area contributed by atoms with Crippen LogP contribution in [-0.4, -0.2) is 24.7 Å². The van der Waals surface area contributed by atoms with Gasteiger partial charge in [0.2, 0.25) is 0 Å². The smallest absolute Gasteiger partial charge is 0.309 e. The third-order valence-corrected chi connectivity index (χ3v) is 4.20. The van der Waals surface area contributed by atoms with Crippen LogP contribution in [0.15, 0.2) is 0 Å². The third kappa shape index (κ3) is 6.67. The van der Waals surface area contributed by atoms with Crippen LogP contribution in [0.25, 0.3) is 0 Å². The highest BCUT2D eigenvalue weighted by Crippen LogP contribution is 2.48. The van der Waals surface area contributed by atoms with Crippen LogP contribution in [0.1, 0.15) is 26.7 Å². The second-order valence-electron chi connectivity index (χ2n) is 2.57. The summed E-state index contributed by atoms with van der Waals surface area (Å²) in [5.41, 5.74) is 0. The van der Waals surface area contributed by atoms with Crippen LogP contribution >= 0.6 is 23.5 Å². The van der Waals surface area contributed by atoms with Gasteiger partial charge in [0.05, 0.1) is 19.4 Å². The number of rotatable bonds is 8. The largest absolute Gasteiger partial charge is 0.330 e. The summed E-state index contributed by atoms with van der Waals surface area (Å²) in [5, 5.41) is 0.936. The Labute approximate surface area is 88.9 Å². The molecule has 0 heterocycles. The molecule has 0 rings (SSSR count). The van der Waals surface area contributed by atoms with Crippen molar-refractivity contribution in [2.45, 2.75) is 26.7 Å². The van der Waals surface area contributed by atoms with Gasteiger partial charge in [-0.2, -0.15) is 0 Å². The van der Waals surface area contributed by atoms with Crippen molar-refractivity contribution in [3.05, 3.63) is 0 Å². The second kappa shape index (κ2) is 7.98. The van der Waals surface area contributed by atoms with E-state index in [9.17, 15) is 4.57 Å². The van der Waals surface area contributed by atoms with Crippen molar-refractivity contribution in [1.29, 1.82) is 0 Å². The summed E-state index contributed by atoms with van der Waals surface area (Å²) in [6.07, 6.45) is 2.41. The second-order valence-corrected chi connectivity index (χ2v) is 5.54. The fraction of sp³-hybridized carbons (Fsp3) is 1.00. The Morgan fingerprint density at radius 1 is 1.15 bits per heavy atom. The number of unbranched alkanes of at least 4 members (excludes halogenated alkanes) is 1. The highest BCUT2D eigenvalue weighted by Gasteiger charge is 2.21. The molecule has 0 radical (unpaired) electrons. The lowest BCUT2D eigenvalue weighted by atomic mass is 10.4. The van der Waals surface area contributed by atoms with Crippen molar-refractivity contribution in [2.75, 3.05) is 24.7 Å². The van der Waals surface area contributed by atoms with Gasteiger partial charge in [-0.25, -0.2) is 0 Å². The number of halogens is 1. The number of hydrogen-bond donors (Lipinski definition) is 0. The van der Waals surface area contributed by atoms with Crippen molar-refractivity contribution < 1.29 is 13.6 Å². The van der Waals surface area contributed by atoms with Gasteiger partial charge in [-0.05, 0) is 26.7 Å². The first kappa shape index (κ1) is 13.6. The maximum atomic E-state index is 11.8. The average Bonchev–Trinajstić information content (AvgIpc) is 2.05. The molecule has 0 bridgehead atoms. The molecule has 80 valence electrons. The molecule has 3 nitrogen and oxygen atoms in total. The summed E-state index contributed by atoms with van der Waals surface area (Å²) in [6.45, 7) is 4.56. The molecular formula is C8H18BrO3P. The fourth-order valence-corrected chi connectivity index (χ4v) is 3.09. The Morgan fingerprint density at radius 2 is 1.69 bits per heavy atom. The minimum absolute atomic E-state index is 0.450. The Hall–Kier alpha value is 0.630. The van der Waals surface area contributed by atoms with E-state index in [1.54, 1.807) is 0 Å². The molecule has 0 aromatic heterocycles. The molecule has 0 unspecified atom stereocenters. The minimum atomic E-state index is -2.77. The molecule has 0 aromatic carbocycles. The summed E-state index contributed by atoms with van der Waals surface area (Å²) in [7, 11) is -2.77. The molecule has 0 aliphatic heterocycles. The average molecular weight is 273 g/mol. The van der Waals surface area contributed by atoms with E-state index in [0.717, 1.165) is 18.2 Å². The molecule has 0 spiro atoms. The third-order valence-electron chi connectivity index (χ3n) is 1.47. The first-order valence-electron chi connectivity index (χ1n) is 4.62. The zero-order valence-corrected chi connectivity index (χ0v) is 10.8. The van der Waals surface area contributed by atoms with Crippen molar-refractivity contribution in [1.82, 2.24) is 0 Å². The Bertz CT molecular complexity index is 153. The van der Waals surface area contributed by atoms with E-state index < -0.39 is 7.60 Å². The van der Waals surface area contributed by atoms with Crippen LogP contribution < -0.4 is 0 Å². The van der Waals surface area contributed by atoms with E-state index in [4.69, 9.17) is 9.05 Å². The molecule has 0 saturated carbocycles. The first-order valence-corrected chi connectivity index (χ1v) is 7.47. The van der Waals surface area contributed by atoms with Gasteiger partial charge in [0.15, 0.2) is 0 Å². The summed E-state index contributed by atoms with van der Waals surface area (Å²) < 4.78 is 22.1. The first-order chi connectivity index (χ1) is 6.18. The van der Waals surface area contributed by atoms with E-state index in [0.29, 0.717) is 19.4 Å². The summed E-state index contributed by atoms with van der Waals surface area (Å²) in [4.78, 5) is 0. The van der Waals surface area contributed by atoms with Crippen molar-refractivity contribution in [2.24, 2.45) is 0 Å². The van der Waals surface area contributed by atoms with E-state index in [1.165, 1.54) is 0 Å². The van der Waals surface area contributed by atoms with Crippen LogP contribution in [0.2, 0.25) is 0 Å². The number of hydrogen-bond acceptors (Lipinski definition) is 3. The lowest BCUT2D eigenvalue weighted by Crippen LogP contribution is -2.00. The molecule has 0 N–H and O–H groups in total. The molecule has 0 aliphatic carbocycles. The highest BCUT2D eigenvalue weighted by molar-refractivity contribution is 9.09. The quantitative estimate of drug-likeness (QED) is 0.386. The van der Waals surface area contributed by atoms with Gasteiger partial charge in [0, 0.05) is 5.33 Å². The zero-order valence-electron chi connectivity index (χ0n) is 8.29. The van der Waals surface area contributed by atoms with Gasteiger partial charge in [-0.15, -0.1) is 0 Å². The van der Waals surface area contributed by atoms with Gasteiger partial charge < -0.3 is 9.05 Å². The van der Waals surface area contributed by atoms with Crippen LogP contribution in [0.3, 0.4) is 0 Å². The maximum Gasteiger partial charge on any atom is 0.330 e. The normalized spacial score (nSPS) is 11.9. The molecule has 0 aromatic rings. The predicted octanol–water partition coefficient (Wildman–Crippen LogP) is 3.43. The van der Waals surface area contributed by atoms with E-state index in [2.05, 4.69) is 15.9 Å². The molecule has 0 fully saturated rings. The molecule has 0 atom stereocenters. The molecule has 0 amide bonds. The lowest BCUT2D eigenvalue weighted by Gasteiger charge is -2.16. The van der Waals surface area contributed by atoms with Gasteiger partial charge in [-0.1, -0.05) is 15.9 Å². The summed E-state index contributed by atoms with van der Waals surface area (Å²) >= 11 is 3.32. The zero-order chi connectivity index (χ0) is 10.2. The van der Waals surface area contributed by atoms with E-state index >= 15 is 0 Å². The maximum absolute atomic E-state index is 11.8. The van der Waals surface area contributed by atoms with Crippen LogP contribution in [0.5, 0.6) is 0 Å². The van der Waals surface area contributed by atoms with Crippen molar-refractivity contribution in [3.8, 4) is 0 Å². The van der Waals surface area contributed by atoms with Crippen LogP contribution in [0, 0.1) is 0 Å². The van der Waals surface area contributed by atoms with Crippen molar-refractivity contribution >= 4 is 23.5 Å². The molecule has 13 heavy (non-hydrogen) atoms. The van der Waals surface area contributed by atoms with E-state index in [1.807, 2.05) is 13.8 Å². The van der Waals surface area contributed by atoms with Gasteiger partial charge in [0.1, 0.15) is 0 Å². The Kier molecular flexibility index (Phi) is 8.37. The SMILES string of the molecule is CCOP(=O)(CCCCBr)OCC. The molecule has 5 heteroatoms. The van der Waals surface area contributed by atoms with Gasteiger partial charge >= 0.3 is 7.60 Å². The molecule has 0 saturated heterocycles. The van der Waals surface area contributed by atoms with Gasteiger partial charge in [-0.3, -0.25) is 4.57 Å². The van der Waals surface area contributed by atoms with E-state index in [-0.39, 0.29) is 0 Å². The Morgan fingerprint density at radius 3 is 2.08 bits per heavy atom. The lowest BCUT2D eigenvalue weighted by molar-refractivity contribution is 0.219. The summed E-state index contributed by atoms with van der Waals surface area (Å²) in [5.74, 6) is 0. The van der Waals surface area contributed by atoms with Crippen molar-refractivity contribution in [3.63, 3.8) is 0 Å².